The topological polar surface area (TPSA) is 88.5 Å². The fourth-order valence-electron chi connectivity index (χ4n) is 2.89. The van der Waals surface area contributed by atoms with Gasteiger partial charge in [0.2, 0.25) is 0 Å². The summed E-state index contributed by atoms with van der Waals surface area (Å²) >= 11 is 0. The van der Waals surface area contributed by atoms with Crippen molar-refractivity contribution in [2.75, 3.05) is 0 Å². The largest absolute Gasteiger partial charge is 0.274 e. The zero-order valence-electron chi connectivity index (χ0n) is 12.0. The van der Waals surface area contributed by atoms with Crippen LogP contribution in [0.25, 0.3) is 33.2 Å². The number of hydrogen-bond donors (Lipinski definition) is 2. The summed E-state index contributed by atoms with van der Waals surface area (Å²) in [5.74, 6) is 0. The molecule has 7 heteroatoms. The molecular weight excluding hydrogens is 282 g/mol. The number of nitrogens with one attached hydrogen (secondary N) is 2. The molecule has 0 atom stereocenters. The van der Waals surface area contributed by atoms with E-state index < -0.39 is 0 Å². The van der Waals surface area contributed by atoms with Gasteiger partial charge in [-0.25, -0.2) is 4.98 Å². The van der Waals surface area contributed by atoms with E-state index in [1.165, 1.54) is 0 Å². The average Bonchev–Trinajstić information content (AvgIpc) is 2.96. The van der Waals surface area contributed by atoms with Crippen LogP contribution in [0.3, 0.4) is 0 Å². The average molecular weight is 295 g/mol. The molecule has 0 aliphatic rings. The van der Waals surface area contributed by atoms with Gasteiger partial charge in [-0.1, -0.05) is 30.3 Å². The first-order valence-electron chi connectivity index (χ1n) is 6.80. The molecule has 0 spiro atoms. The molecule has 0 aliphatic heterocycles. The van der Waals surface area contributed by atoms with Crippen LogP contribution in [0.1, 0.15) is 0 Å². The lowest BCUT2D eigenvalue weighted by Gasteiger charge is -2.05. The fraction of sp³-hybridized carbons (Fsp3) is 0.133. The van der Waals surface area contributed by atoms with Gasteiger partial charge in [-0.2, -0.15) is 0 Å². The Bertz CT molecular complexity index is 1060. The summed E-state index contributed by atoms with van der Waals surface area (Å²) in [6, 6.07) is 9.41. The van der Waals surface area contributed by atoms with Gasteiger partial charge >= 0.3 is 0 Å². The normalized spacial score (nSPS) is 11.5. The second-order valence-corrected chi connectivity index (χ2v) is 5.25. The van der Waals surface area contributed by atoms with Crippen LogP contribution >= 0.6 is 0 Å². The van der Waals surface area contributed by atoms with E-state index >= 15 is 0 Å². The van der Waals surface area contributed by atoms with Crippen LogP contribution in [-0.2, 0) is 14.1 Å². The minimum atomic E-state index is -0.256. The first-order chi connectivity index (χ1) is 10.6. The number of rotatable bonds is 1. The van der Waals surface area contributed by atoms with Gasteiger partial charge in [-0.05, 0) is 5.56 Å². The lowest BCUT2D eigenvalue weighted by Crippen LogP contribution is -2.05. The Labute approximate surface area is 123 Å². The molecule has 0 bridgehead atoms. The van der Waals surface area contributed by atoms with Crippen molar-refractivity contribution < 1.29 is 0 Å². The standard InChI is InChI=1S/C15H13N5O2/c1-19-12-10(14(21)17-19)9(8-6-4-3-5-7-8)11-13(16-12)20(2)18-15(11)22/h3-7H,1-2H3,(H,17,21)(H,18,22). The van der Waals surface area contributed by atoms with Gasteiger partial charge < -0.3 is 0 Å². The van der Waals surface area contributed by atoms with E-state index in [-0.39, 0.29) is 11.1 Å². The summed E-state index contributed by atoms with van der Waals surface area (Å²) in [5, 5.41) is 6.27. The molecule has 7 nitrogen and oxygen atoms in total. The second-order valence-electron chi connectivity index (χ2n) is 5.25. The molecule has 2 N–H and O–H groups in total. The van der Waals surface area contributed by atoms with E-state index in [2.05, 4.69) is 15.2 Å². The van der Waals surface area contributed by atoms with Gasteiger partial charge in [0.25, 0.3) is 11.1 Å². The Balaban J connectivity index is 2.37. The molecule has 0 amide bonds. The molecule has 0 aliphatic carbocycles. The highest BCUT2D eigenvalue weighted by Crippen LogP contribution is 2.30. The van der Waals surface area contributed by atoms with E-state index in [0.717, 1.165) is 5.56 Å². The van der Waals surface area contributed by atoms with Crippen molar-refractivity contribution in [3.05, 3.63) is 51.0 Å². The van der Waals surface area contributed by atoms with Gasteiger partial charge in [-0.15, -0.1) is 0 Å². The lowest BCUT2D eigenvalue weighted by atomic mass is 10.0. The summed E-state index contributed by atoms with van der Waals surface area (Å²) in [6.07, 6.45) is 0. The molecule has 3 aromatic heterocycles. The quantitative estimate of drug-likeness (QED) is 0.551. The third-order valence-corrected chi connectivity index (χ3v) is 3.85. The summed E-state index contributed by atoms with van der Waals surface area (Å²) in [4.78, 5) is 29.1. The molecule has 0 radical (unpaired) electrons. The number of aromatic amines is 2. The van der Waals surface area contributed by atoms with Crippen LogP contribution in [0, 0.1) is 0 Å². The van der Waals surface area contributed by atoms with Crippen molar-refractivity contribution in [1.82, 2.24) is 24.5 Å². The second kappa shape index (κ2) is 4.20. The van der Waals surface area contributed by atoms with Crippen LogP contribution in [0.2, 0.25) is 0 Å². The molecule has 110 valence electrons. The van der Waals surface area contributed by atoms with Crippen molar-refractivity contribution in [3.8, 4) is 11.1 Å². The zero-order chi connectivity index (χ0) is 15.4. The van der Waals surface area contributed by atoms with E-state index in [0.29, 0.717) is 27.6 Å². The van der Waals surface area contributed by atoms with Crippen LogP contribution in [0.5, 0.6) is 0 Å². The first kappa shape index (κ1) is 12.6. The highest BCUT2D eigenvalue weighted by molar-refractivity contribution is 6.07. The number of pyridine rings is 1. The number of H-pyrrole nitrogens is 2. The molecule has 0 saturated heterocycles. The number of nitrogens with zero attached hydrogens (tertiary/aromatic N) is 3. The van der Waals surface area contributed by atoms with Crippen LogP contribution < -0.4 is 11.1 Å². The Hall–Kier alpha value is -3.09. The van der Waals surface area contributed by atoms with Gasteiger partial charge in [-0.3, -0.25) is 29.2 Å². The third-order valence-electron chi connectivity index (χ3n) is 3.85. The molecule has 4 rings (SSSR count). The van der Waals surface area contributed by atoms with E-state index in [1.807, 2.05) is 30.3 Å². The van der Waals surface area contributed by atoms with Gasteiger partial charge in [0.1, 0.15) is 0 Å². The minimum Gasteiger partial charge on any atom is -0.270 e. The molecule has 0 saturated carbocycles. The number of fused-ring (bicyclic) bond motifs is 2. The van der Waals surface area contributed by atoms with Crippen molar-refractivity contribution in [2.45, 2.75) is 0 Å². The number of hydrogen-bond acceptors (Lipinski definition) is 3. The maximum absolute atomic E-state index is 12.3. The molecule has 22 heavy (non-hydrogen) atoms. The predicted octanol–water partition coefficient (Wildman–Crippen LogP) is 1.11. The summed E-state index contributed by atoms with van der Waals surface area (Å²) in [6.45, 7) is 0. The van der Waals surface area contributed by atoms with Gasteiger partial charge in [0, 0.05) is 19.7 Å². The summed E-state index contributed by atoms with van der Waals surface area (Å²) in [7, 11) is 3.45. The third kappa shape index (κ3) is 1.53. The van der Waals surface area contributed by atoms with Gasteiger partial charge in [0.15, 0.2) is 11.3 Å². The van der Waals surface area contributed by atoms with Crippen molar-refractivity contribution in [1.29, 1.82) is 0 Å². The molecule has 3 heterocycles. The van der Waals surface area contributed by atoms with Crippen molar-refractivity contribution in [2.24, 2.45) is 14.1 Å². The molecular formula is C15H13N5O2. The molecule has 0 unspecified atom stereocenters. The van der Waals surface area contributed by atoms with E-state index in [9.17, 15) is 9.59 Å². The number of aryl methyl sites for hydroxylation is 2. The van der Waals surface area contributed by atoms with Crippen LogP contribution in [0.15, 0.2) is 39.9 Å². The van der Waals surface area contributed by atoms with Gasteiger partial charge in [0.05, 0.1) is 10.8 Å². The highest BCUT2D eigenvalue weighted by Gasteiger charge is 2.21. The maximum Gasteiger partial charge on any atom is 0.274 e. The highest BCUT2D eigenvalue weighted by atomic mass is 16.1. The van der Waals surface area contributed by atoms with Crippen LogP contribution in [0.4, 0.5) is 0 Å². The van der Waals surface area contributed by atoms with Crippen molar-refractivity contribution in [3.63, 3.8) is 0 Å². The Morgan fingerprint density at radius 2 is 1.36 bits per heavy atom. The SMILES string of the molecule is Cn1[nH]c(=O)c2c(-c3ccccc3)c3c(=O)[nH]n(C)c3nc21. The minimum absolute atomic E-state index is 0.256. The number of benzene rings is 1. The van der Waals surface area contributed by atoms with Crippen molar-refractivity contribution >= 4 is 22.1 Å². The Kier molecular flexibility index (Phi) is 2.41. The summed E-state index contributed by atoms with van der Waals surface area (Å²) in [5.41, 5.74) is 1.96. The fourth-order valence-corrected chi connectivity index (χ4v) is 2.89. The monoisotopic (exact) mass is 295 g/mol. The molecule has 1 aromatic carbocycles. The lowest BCUT2D eigenvalue weighted by molar-refractivity contribution is 0.760. The van der Waals surface area contributed by atoms with Crippen LogP contribution in [-0.4, -0.2) is 24.5 Å². The Morgan fingerprint density at radius 3 is 1.86 bits per heavy atom. The Morgan fingerprint density at radius 1 is 0.864 bits per heavy atom. The number of aromatic nitrogens is 5. The maximum atomic E-state index is 12.3. The summed E-state index contributed by atoms with van der Waals surface area (Å²) < 4.78 is 3.14. The smallest absolute Gasteiger partial charge is 0.270 e. The predicted molar refractivity (Wildman–Crippen MR) is 83.9 cm³/mol. The first-order valence-corrected chi connectivity index (χ1v) is 6.80. The zero-order valence-corrected chi connectivity index (χ0v) is 12.0. The van der Waals surface area contributed by atoms with E-state index in [4.69, 9.17) is 0 Å². The molecule has 4 aromatic rings. The van der Waals surface area contributed by atoms with E-state index in [1.54, 1.807) is 23.5 Å². The molecule has 0 fully saturated rings.